The van der Waals surface area contributed by atoms with Gasteiger partial charge in [0.05, 0.1) is 16.7 Å². The number of carbonyl (C=O) groups is 1. The summed E-state index contributed by atoms with van der Waals surface area (Å²) in [5, 5.41) is 16.1. The van der Waals surface area contributed by atoms with Gasteiger partial charge >= 0.3 is 0 Å². The highest BCUT2D eigenvalue weighted by Crippen LogP contribution is 2.37. The van der Waals surface area contributed by atoms with E-state index in [1.165, 1.54) is 0 Å². The SMILES string of the molecule is CC1Sc2ccc(C(=O)NC3=CCCC(OCc4ccccc4)=C3)cc2NC1O. The van der Waals surface area contributed by atoms with Crippen LogP contribution in [0.1, 0.15) is 35.7 Å². The van der Waals surface area contributed by atoms with E-state index in [9.17, 15) is 9.90 Å². The molecule has 0 saturated carbocycles. The second-order valence-corrected chi connectivity index (χ2v) is 8.58. The zero-order valence-electron chi connectivity index (χ0n) is 16.2. The topological polar surface area (TPSA) is 70.6 Å². The maximum atomic E-state index is 12.7. The van der Waals surface area contributed by atoms with Gasteiger partial charge in [-0.3, -0.25) is 4.79 Å². The third kappa shape index (κ3) is 4.83. The number of carbonyl (C=O) groups excluding carboxylic acids is 1. The molecule has 0 spiro atoms. The summed E-state index contributed by atoms with van der Waals surface area (Å²) in [6.07, 6.45) is 4.91. The number of aliphatic hydroxyl groups is 1. The van der Waals surface area contributed by atoms with E-state index >= 15 is 0 Å². The third-order valence-electron chi connectivity index (χ3n) is 4.90. The van der Waals surface area contributed by atoms with Gasteiger partial charge < -0.3 is 20.5 Å². The summed E-state index contributed by atoms with van der Waals surface area (Å²) in [4.78, 5) is 13.7. The summed E-state index contributed by atoms with van der Waals surface area (Å²) < 4.78 is 5.91. The van der Waals surface area contributed by atoms with Crippen LogP contribution < -0.4 is 10.6 Å². The van der Waals surface area contributed by atoms with E-state index in [0.29, 0.717) is 12.2 Å². The van der Waals surface area contributed by atoms with Crippen LogP contribution in [0.3, 0.4) is 0 Å². The van der Waals surface area contributed by atoms with Crippen molar-refractivity contribution in [3.8, 4) is 0 Å². The van der Waals surface area contributed by atoms with Crippen molar-refractivity contribution in [3.63, 3.8) is 0 Å². The number of amides is 1. The molecule has 0 fully saturated rings. The summed E-state index contributed by atoms with van der Waals surface area (Å²) >= 11 is 1.60. The number of aliphatic hydroxyl groups excluding tert-OH is 1. The fraction of sp³-hybridized carbons (Fsp3) is 0.261. The van der Waals surface area contributed by atoms with Crippen molar-refractivity contribution in [2.75, 3.05) is 5.32 Å². The summed E-state index contributed by atoms with van der Waals surface area (Å²) in [6.45, 7) is 2.48. The molecule has 4 rings (SSSR count). The molecule has 2 aromatic carbocycles. The molecule has 0 aromatic heterocycles. The minimum Gasteiger partial charge on any atom is -0.493 e. The van der Waals surface area contributed by atoms with E-state index in [4.69, 9.17) is 4.74 Å². The van der Waals surface area contributed by atoms with Crippen molar-refractivity contribution >= 4 is 23.4 Å². The predicted molar refractivity (Wildman–Crippen MR) is 115 cm³/mol. The Bertz CT molecular complexity index is 956. The average Bonchev–Trinajstić information content (AvgIpc) is 2.74. The number of fused-ring (bicyclic) bond motifs is 1. The van der Waals surface area contributed by atoms with Crippen LogP contribution in [0.15, 0.2) is 77.0 Å². The normalized spacial score (nSPS) is 20.6. The van der Waals surface area contributed by atoms with Crippen molar-refractivity contribution in [3.05, 3.63) is 83.3 Å². The van der Waals surface area contributed by atoms with Crippen LogP contribution in [-0.4, -0.2) is 22.5 Å². The van der Waals surface area contributed by atoms with Gasteiger partial charge in [0.15, 0.2) is 0 Å². The van der Waals surface area contributed by atoms with Gasteiger partial charge in [0.1, 0.15) is 12.8 Å². The number of hydrogen-bond acceptors (Lipinski definition) is 5. The number of rotatable bonds is 5. The Hall–Kier alpha value is -2.70. The standard InChI is InChI=1S/C23H24N2O3S/c1-15-22(26)25-20-12-17(10-11-21(20)29-15)23(27)24-18-8-5-9-19(13-18)28-14-16-6-3-2-4-7-16/h2-4,6-8,10-13,15,22,25-26H,5,9,14H2,1H3,(H,24,27). The number of thioether (sulfide) groups is 1. The maximum absolute atomic E-state index is 12.7. The Morgan fingerprint density at radius 2 is 2.10 bits per heavy atom. The van der Waals surface area contributed by atoms with Crippen LogP contribution in [0.5, 0.6) is 0 Å². The highest BCUT2D eigenvalue weighted by molar-refractivity contribution is 8.00. The number of nitrogens with one attached hydrogen (secondary N) is 2. The molecule has 6 heteroatoms. The smallest absolute Gasteiger partial charge is 0.255 e. The van der Waals surface area contributed by atoms with Crippen LogP contribution in [0.25, 0.3) is 0 Å². The van der Waals surface area contributed by atoms with Gasteiger partial charge in [-0.25, -0.2) is 0 Å². The van der Waals surface area contributed by atoms with E-state index in [1.54, 1.807) is 17.8 Å². The highest BCUT2D eigenvalue weighted by Gasteiger charge is 2.24. The molecular formula is C23H24N2O3S. The van der Waals surface area contributed by atoms with Crippen molar-refractivity contribution in [1.82, 2.24) is 5.32 Å². The quantitative estimate of drug-likeness (QED) is 0.683. The monoisotopic (exact) mass is 408 g/mol. The predicted octanol–water partition coefficient (Wildman–Crippen LogP) is 4.42. The molecular weight excluding hydrogens is 384 g/mol. The Kier molecular flexibility index (Phi) is 5.92. The molecule has 150 valence electrons. The number of hydrogen-bond donors (Lipinski definition) is 3. The highest BCUT2D eigenvalue weighted by atomic mass is 32.2. The number of anilines is 1. The summed E-state index contributed by atoms with van der Waals surface area (Å²) in [5.41, 5.74) is 3.20. The van der Waals surface area contributed by atoms with Crippen molar-refractivity contribution < 1.29 is 14.6 Å². The number of benzene rings is 2. The van der Waals surface area contributed by atoms with E-state index in [1.807, 2.05) is 61.5 Å². The van der Waals surface area contributed by atoms with Crippen LogP contribution in [0.2, 0.25) is 0 Å². The first-order valence-corrected chi connectivity index (χ1v) is 10.6. The fourth-order valence-electron chi connectivity index (χ4n) is 3.26. The number of ether oxygens (including phenoxy) is 1. The van der Waals surface area contributed by atoms with Gasteiger partial charge in [-0.05, 0) is 43.2 Å². The molecule has 1 aliphatic carbocycles. The van der Waals surface area contributed by atoms with Gasteiger partial charge in [0.25, 0.3) is 5.91 Å². The Morgan fingerprint density at radius 3 is 2.93 bits per heavy atom. The minimum absolute atomic E-state index is 0.0639. The molecule has 2 aliphatic rings. The average molecular weight is 409 g/mol. The molecule has 2 atom stereocenters. The van der Waals surface area contributed by atoms with Crippen molar-refractivity contribution in [2.45, 2.75) is 42.7 Å². The fourth-order valence-corrected chi connectivity index (χ4v) is 4.25. The molecule has 1 aliphatic heterocycles. The number of allylic oxidation sites excluding steroid dienone is 3. The second-order valence-electron chi connectivity index (χ2n) is 7.16. The molecule has 0 saturated heterocycles. The summed E-state index contributed by atoms with van der Waals surface area (Å²) in [6, 6.07) is 15.5. The molecule has 0 radical (unpaired) electrons. The molecule has 5 nitrogen and oxygen atoms in total. The Balaban J connectivity index is 1.40. The van der Waals surface area contributed by atoms with E-state index < -0.39 is 6.23 Å². The molecule has 1 amide bonds. The minimum atomic E-state index is -0.626. The lowest BCUT2D eigenvalue weighted by atomic mass is 10.1. The third-order valence-corrected chi connectivity index (χ3v) is 6.14. The van der Waals surface area contributed by atoms with Gasteiger partial charge in [-0.1, -0.05) is 36.4 Å². The summed E-state index contributed by atoms with van der Waals surface area (Å²) in [5.74, 6) is 0.687. The lowest BCUT2D eigenvalue weighted by Crippen LogP contribution is -2.32. The Labute approximate surface area is 174 Å². The molecule has 2 aromatic rings. The van der Waals surface area contributed by atoms with Crippen LogP contribution in [0, 0.1) is 0 Å². The van der Waals surface area contributed by atoms with Crippen LogP contribution in [0.4, 0.5) is 5.69 Å². The first-order chi connectivity index (χ1) is 14.1. The first-order valence-electron chi connectivity index (χ1n) is 9.72. The van der Waals surface area contributed by atoms with Crippen LogP contribution in [-0.2, 0) is 11.3 Å². The molecule has 0 bridgehead atoms. The maximum Gasteiger partial charge on any atom is 0.255 e. The molecule has 1 heterocycles. The van der Waals surface area contributed by atoms with Gasteiger partial charge in [-0.2, -0.15) is 0 Å². The van der Waals surface area contributed by atoms with Crippen LogP contribution >= 0.6 is 11.8 Å². The van der Waals surface area contributed by atoms with Crippen molar-refractivity contribution in [2.24, 2.45) is 0 Å². The molecule has 29 heavy (non-hydrogen) atoms. The molecule has 2 unspecified atom stereocenters. The van der Waals surface area contributed by atoms with Gasteiger partial charge in [-0.15, -0.1) is 11.8 Å². The Morgan fingerprint density at radius 1 is 1.28 bits per heavy atom. The lowest BCUT2D eigenvalue weighted by molar-refractivity contribution is 0.0966. The first kappa shape index (κ1) is 19.6. The zero-order valence-corrected chi connectivity index (χ0v) is 17.0. The largest absolute Gasteiger partial charge is 0.493 e. The molecule has 3 N–H and O–H groups in total. The van der Waals surface area contributed by atoms with E-state index in [-0.39, 0.29) is 11.2 Å². The lowest BCUT2D eigenvalue weighted by Gasteiger charge is -2.28. The van der Waals surface area contributed by atoms with E-state index in [2.05, 4.69) is 10.6 Å². The zero-order chi connectivity index (χ0) is 20.2. The summed E-state index contributed by atoms with van der Waals surface area (Å²) in [7, 11) is 0. The van der Waals surface area contributed by atoms with Gasteiger partial charge in [0, 0.05) is 22.6 Å². The van der Waals surface area contributed by atoms with E-state index in [0.717, 1.165) is 40.4 Å². The van der Waals surface area contributed by atoms with Gasteiger partial charge in [0.2, 0.25) is 0 Å². The second kappa shape index (κ2) is 8.76. The van der Waals surface area contributed by atoms with Crippen molar-refractivity contribution in [1.29, 1.82) is 0 Å².